The molecule has 1 heterocycles. The molecule has 8 nitrogen and oxygen atoms in total. The van der Waals surface area contributed by atoms with Crippen LogP contribution in [0, 0.1) is 17.0 Å². The summed E-state index contributed by atoms with van der Waals surface area (Å²) in [4.78, 5) is 34.6. The fourth-order valence-corrected chi connectivity index (χ4v) is 3.30. The molecular weight excluding hydrogens is 412 g/mol. The van der Waals surface area contributed by atoms with E-state index in [1.807, 2.05) is 25.1 Å². The standard InChI is InChI=1S/C24H18N2O6/c1-15-3-2-4-17(11-15)25-23(27)14-31-19-9-10-20-21(13-24(28)32-22(20)12-19)16-5-7-18(8-6-16)26(29)30/h2-13H,14H2,1H3,(H,25,27). The molecule has 160 valence electrons. The molecule has 1 N–H and O–H groups in total. The summed E-state index contributed by atoms with van der Waals surface area (Å²) >= 11 is 0. The molecule has 0 bridgehead atoms. The van der Waals surface area contributed by atoms with Gasteiger partial charge in [-0.1, -0.05) is 12.1 Å². The number of non-ortho nitro benzene ring substituents is 1. The summed E-state index contributed by atoms with van der Waals surface area (Å²) in [6.45, 7) is 1.71. The number of fused-ring (bicyclic) bond motifs is 1. The monoisotopic (exact) mass is 430 g/mol. The molecule has 0 unspecified atom stereocenters. The lowest BCUT2D eigenvalue weighted by molar-refractivity contribution is -0.384. The Balaban J connectivity index is 1.54. The van der Waals surface area contributed by atoms with Crippen molar-refractivity contribution in [3.05, 3.63) is 98.9 Å². The smallest absolute Gasteiger partial charge is 0.336 e. The Morgan fingerprint density at radius 2 is 1.84 bits per heavy atom. The molecule has 0 aliphatic rings. The molecule has 8 heteroatoms. The van der Waals surface area contributed by atoms with Crippen molar-refractivity contribution in [3.8, 4) is 16.9 Å². The number of nitro groups is 1. The molecule has 0 aliphatic carbocycles. The minimum atomic E-state index is -0.569. The lowest BCUT2D eigenvalue weighted by Crippen LogP contribution is -2.20. The highest BCUT2D eigenvalue weighted by molar-refractivity contribution is 5.94. The Kier molecular flexibility index (Phi) is 5.67. The van der Waals surface area contributed by atoms with Crippen LogP contribution in [0.25, 0.3) is 22.1 Å². The Morgan fingerprint density at radius 1 is 1.06 bits per heavy atom. The SMILES string of the molecule is Cc1cccc(NC(=O)COc2ccc3c(-c4ccc([N+](=O)[O-])cc4)cc(=O)oc3c2)c1. The van der Waals surface area contributed by atoms with E-state index in [1.165, 1.54) is 24.3 Å². The van der Waals surface area contributed by atoms with E-state index in [-0.39, 0.29) is 23.8 Å². The van der Waals surface area contributed by atoms with Crippen molar-refractivity contribution in [2.45, 2.75) is 6.92 Å². The van der Waals surface area contributed by atoms with Gasteiger partial charge < -0.3 is 14.5 Å². The van der Waals surface area contributed by atoms with Gasteiger partial charge in [0.15, 0.2) is 6.61 Å². The van der Waals surface area contributed by atoms with Gasteiger partial charge in [-0.2, -0.15) is 0 Å². The van der Waals surface area contributed by atoms with Gasteiger partial charge in [-0.15, -0.1) is 0 Å². The van der Waals surface area contributed by atoms with E-state index < -0.39 is 10.5 Å². The fourth-order valence-electron chi connectivity index (χ4n) is 3.30. The van der Waals surface area contributed by atoms with Crippen LogP contribution in [0.4, 0.5) is 11.4 Å². The summed E-state index contributed by atoms with van der Waals surface area (Å²) in [7, 11) is 0. The quantitative estimate of drug-likeness (QED) is 0.270. The van der Waals surface area contributed by atoms with Crippen molar-refractivity contribution in [1.29, 1.82) is 0 Å². The molecule has 0 aliphatic heterocycles. The molecule has 0 atom stereocenters. The maximum absolute atomic E-state index is 12.2. The first-order valence-corrected chi connectivity index (χ1v) is 9.71. The molecular formula is C24H18N2O6. The second kappa shape index (κ2) is 8.73. The predicted molar refractivity (Wildman–Crippen MR) is 120 cm³/mol. The minimum Gasteiger partial charge on any atom is -0.484 e. The number of anilines is 1. The zero-order valence-corrected chi connectivity index (χ0v) is 17.0. The summed E-state index contributed by atoms with van der Waals surface area (Å²) in [6.07, 6.45) is 0. The number of benzene rings is 3. The van der Waals surface area contributed by atoms with Gasteiger partial charge in [0, 0.05) is 35.3 Å². The van der Waals surface area contributed by atoms with E-state index in [1.54, 1.807) is 30.3 Å². The molecule has 4 rings (SSSR count). The van der Waals surface area contributed by atoms with Crippen molar-refractivity contribution in [2.75, 3.05) is 11.9 Å². The number of carbonyl (C=O) groups is 1. The van der Waals surface area contributed by atoms with Crippen LogP contribution in [-0.4, -0.2) is 17.4 Å². The number of aryl methyl sites for hydroxylation is 1. The van der Waals surface area contributed by atoms with Gasteiger partial charge in [-0.05, 0) is 60.0 Å². The summed E-state index contributed by atoms with van der Waals surface area (Å²) in [5.41, 5.74) is 2.59. The zero-order valence-electron chi connectivity index (χ0n) is 17.0. The maximum atomic E-state index is 12.2. The summed E-state index contributed by atoms with van der Waals surface area (Å²) in [6, 6.07) is 19.6. The van der Waals surface area contributed by atoms with Gasteiger partial charge in [0.25, 0.3) is 11.6 Å². The molecule has 4 aromatic rings. The van der Waals surface area contributed by atoms with Crippen LogP contribution >= 0.6 is 0 Å². The third kappa shape index (κ3) is 4.65. The number of rotatable bonds is 6. The zero-order chi connectivity index (χ0) is 22.7. The van der Waals surface area contributed by atoms with Crippen molar-refractivity contribution in [2.24, 2.45) is 0 Å². The fraction of sp³-hybridized carbons (Fsp3) is 0.0833. The maximum Gasteiger partial charge on any atom is 0.336 e. The highest BCUT2D eigenvalue weighted by Gasteiger charge is 2.12. The van der Waals surface area contributed by atoms with Crippen LogP contribution in [0.5, 0.6) is 5.75 Å². The van der Waals surface area contributed by atoms with Crippen molar-refractivity contribution in [3.63, 3.8) is 0 Å². The minimum absolute atomic E-state index is 0.0411. The average Bonchev–Trinajstić information content (AvgIpc) is 2.77. The first kappa shape index (κ1) is 20.8. The van der Waals surface area contributed by atoms with Gasteiger partial charge in [-0.3, -0.25) is 14.9 Å². The predicted octanol–water partition coefficient (Wildman–Crippen LogP) is 4.69. The lowest BCUT2D eigenvalue weighted by Gasteiger charge is -2.10. The molecule has 32 heavy (non-hydrogen) atoms. The van der Waals surface area contributed by atoms with Crippen LogP contribution < -0.4 is 15.7 Å². The Morgan fingerprint density at radius 3 is 2.56 bits per heavy atom. The lowest BCUT2D eigenvalue weighted by atomic mass is 10.0. The molecule has 3 aromatic carbocycles. The van der Waals surface area contributed by atoms with Crippen LogP contribution in [0.3, 0.4) is 0 Å². The number of nitrogens with one attached hydrogen (secondary N) is 1. The van der Waals surface area contributed by atoms with E-state index in [4.69, 9.17) is 9.15 Å². The second-order valence-electron chi connectivity index (χ2n) is 7.15. The second-order valence-corrected chi connectivity index (χ2v) is 7.15. The number of carbonyl (C=O) groups excluding carboxylic acids is 1. The van der Waals surface area contributed by atoms with Crippen molar-refractivity contribution in [1.82, 2.24) is 0 Å². The highest BCUT2D eigenvalue weighted by atomic mass is 16.6. The van der Waals surface area contributed by atoms with E-state index in [9.17, 15) is 19.7 Å². The third-order valence-electron chi connectivity index (χ3n) is 4.78. The van der Waals surface area contributed by atoms with Gasteiger partial charge in [0.05, 0.1) is 4.92 Å². The Labute approximate surface area is 182 Å². The normalized spacial score (nSPS) is 10.7. The van der Waals surface area contributed by atoms with Crippen LogP contribution in [0.15, 0.2) is 82.0 Å². The van der Waals surface area contributed by atoms with Gasteiger partial charge in [0.1, 0.15) is 11.3 Å². The molecule has 1 aromatic heterocycles. The van der Waals surface area contributed by atoms with Crippen LogP contribution in [0.2, 0.25) is 0 Å². The highest BCUT2D eigenvalue weighted by Crippen LogP contribution is 2.30. The molecule has 0 fully saturated rings. The molecule has 1 amide bonds. The average molecular weight is 430 g/mol. The molecule has 0 radical (unpaired) electrons. The molecule has 0 saturated heterocycles. The number of hydrogen-bond donors (Lipinski definition) is 1. The molecule has 0 spiro atoms. The largest absolute Gasteiger partial charge is 0.484 e. The summed E-state index contributed by atoms with van der Waals surface area (Å²) < 4.78 is 10.9. The summed E-state index contributed by atoms with van der Waals surface area (Å²) in [5, 5.41) is 14.3. The van der Waals surface area contributed by atoms with E-state index in [2.05, 4.69) is 5.32 Å². The Bertz CT molecular complexity index is 1380. The van der Waals surface area contributed by atoms with E-state index in [0.717, 1.165) is 5.56 Å². The third-order valence-corrected chi connectivity index (χ3v) is 4.78. The van der Waals surface area contributed by atoms with Crippen molar-refractivity contribution >= 4 is 28.3 Å². The van der Waals surface area contributed by atoms with E-state index >= 15 is 0 Å². The molecule has 0 saturated carbocycles. The topological polar surface area (TPSA) is 112 Å². The van der Waals surface area contributed by atoms with Gasteiger partial charge in [-0.25, -0.2) is 4.79 Å². The van der Waals surface area contributed by atoms with Crippen LogP contribution in [0.1, 0.15) is 5.56 Å². The number of nitro benzene ring substituents is 1. The van der Waals surface area contributed by atoms with Gasteiger partial charge in [0.2, 0.25) is 0 Å². The number of amides is 1. The first-order chi connectivity index (χ1) is 15.4. The number of nitrogens with zero attached hydrogens (tertiary/aromatic N) is 1. The van der Waals surface area contributed by atoms with Crippen LogP contribution in [-0.2, 0) is 4.79 Å². The summed E-state index contributed by atoms with van der Waals surface area (Å²) in [5.74, 6) is 0.0395. The number of ether oxygens (including phenoxy) is 1. The van der Waals surface area contributed by atoms with E-state index in [0.29, 0.717) is 28.0 Å². The number of hydrogen-bond acceptors (Lipinski definition) is 6. The first-order valence-electron chi connectivity index (χ1n) is 9.71. The Hall–Kier alpha value is -4.46. The van der Waals surface area contributed by atoms with Crippen molar-refractivity contribution < 1.29 is 18.9 Å². The van der Waals surface area contributed by atoms with Gasteiger partial charge >= 0.3 is 5.63 Å².